The maximum Gasteiger partial charge on any atom is 0.315 e. The molecule has 0 atom stereocenters. The Balaban J connectivity index is 1.95. The summed E-state index contributed by atoms with van der Waals surface area (Å²) in [5.41, 5.74) is 0.965. The van der Waals surface area contributed by atoms with Crippen LogP contribution in [0.2, 0.25) is 0 Å². The second-order valence-corrected chi connectivity index (χ2v) is 3.70. The molecule has 0 aliphatic heterocycles. The van der Waals surface area contributed by atoms with Gasteiger partial charge in [-0.05, 0) is 0 Å². The molecule has 6 heteroatoms. The zero-order chi connectivity index (χ0) is 11.4. The summed E-state index contributed by atoms with van der Waals surface area (Å²) < 4.78 is 5.39. The lowest BCUT2D eigenvalue weighted by Gasteiger charge is -1.99. The van der Waals surface area contributed by atoms with Gasteiger partial charge in [0.2, 0.25) is 5.89 Å². The summed E-state index contributed by atoms with van der Waals surface area (Å²) >= 11 is 0. The van der Waals surface area contributed by atoms with Crippen molar-refractivity contribution < 1.29 is 4.42 Å². The smallest absolute Gasteiger partial charge is 0.315 e. The number of nitrogens with one attached hydrogen (secondary N) is 1. The first kappa shape index (κ1) is 10.5. The van der Waals surface area contributed by atoms with Gasteiger partial charge in [0.15, 0.2) is 0 Å². The summed E-state index contributed by atoms with van der Waals surface area (Å²) in [7, 11) is 0. The minimum atomic E-state index is 0.239. The highest BCUT2D eigenvalue weighted by Crippen LogP contribution is 2.14. The quantitative estimate of drug-likeness (QED) is 0.841. The fraction of sp³-hybridized carbons (Fsp3) is 0.400. The average molecular weight is 219 g/mol. The Bertz CT molecular complexity index is 439. The van der Waals surface area contributed by atoms with E-state index in [1.165, 1.54) is 6.33 Å². The van der Waals surface area contributed by atoms with Crippen LogP contribution in [0.5, 0.6) is 0 Å². The van der Waals surface area contributed by atoms with E-state index in [0.29, 0.717) is 18.5 Å². The third-order valence-electron chi connectivity index (χ3n) is 1.99. The zero-order valence-electron chi connectivity index (χ0n) is 9.21. The van der Waals surface area contributed by atoms with Crippen LogP contribution < -0.4 is 5.32 Å². The summed E-state index contributed by atoms with van der Waals surface area (Å²) in [4.78, 5) is 7.83. The topological polar surface area (TPSA) is 76.7 Å². The minimum absolute atomic E-state index is 0.239. The molecule has 2 aromatic heterocycles. The van der Waals surface area contributed by atoms with Crippen molar-refractivity contribution >= 4 is 6.01 Å². The van der Waals surface area contributed by atoms with Crippen molar-refractivity contribution in [3.8, 4) is 0 Å². The van der Waals surface area contributed by atoms with Crippen molar-refractivity contribution in [2.75, 3.05) is 5.32 Å². The Hall–Kier alpha value is -1.98. The molecule has 0 radical (unpaired) electrons. The van der Waals surface area contributed by atoms with Gasteiger partial charge in [0.05, 0.1) is 0 Å². The number of nitrogens with zero attached hydrogens (tertiary/aromatic N) is 4. The SMILES string of the molecule is CC(C)c1nnc(NCc2cncnc2)o1. The van der Waals surface area contributed by atoms with Gasteiger partial charge in [-0.1, -0.05) is 18.9 Å². The fourth-order valence-corrected chi connectivity index (χ4v) is 1.14. The van der Waals surface area contributed by atoms with Crippen molar-refractivity contribution in [2.45, 2.75) is 26.3 Å². The maximum absolute atomic E-state index is 5.39. The van der Waals surface area contributed by atoms with E-state index >= 15 is 0 Å². The van der Waals surface area contributed by atoms with Crippen LogP contribution in [0, 0.1) is 0 Å². The lowest BCUT2D eigenvalue weighted by Crippen LogP contribution is -2.00. The highest BCUT2D eigenvalue weighted by molar-refractivity contribution is 5.20. The van der Waals surface area contributed by atoms with Gasteiger partial charge in [0, 0.05) is 30.4 Å². The largest absolute Gasteiger partial charge is 0.408 e. The van der Waals surface area contributed by atoms with Crippen molar-refractivity contribution in [3.63, 3.8) is 0 Å². The van der Waals surface area contributed by atoms with E-state index in [-0.39, 0.29) is 5.92 Å². The standard InChI is InChI=1S/C10H13N5O/c1-7(2)9-14-15-10(16-9)13-5-8-3-11-6-12-4-8/h3-4,6-7H,5H2,1-2H3,(H,13,15). The molecule has 0 amide bonds. The lowest BCUT2D eigenvalue weighted by atomic mass is 10.2. The van der Waals surface area contributed by atoms with Gasteiger partial charge in [-0.25, -0.2) is 9.97 Å². The molecule has 0 aromatic carbocycles. The van der Waals surface area contributed by atoms with E-state index in [9.17, 15) is 0 Å². The number of aromatic nitrogens is 4. The van der Waals surface area contributed by atoms with Gasteiger partial charge < -0.3 is 9.73 Å². The summed E-state index contributed by atoms with van der Waals surface area (Å²) in [5.74, 6) is 0.870. The van der Waals surface area contributed by atoms with Crippen molar-refractivity contribution in [2.24, 2.45) is 0 Å². The van der Waals surface area contributed by atoms with Gasteiger partial charge in [0.25, 0.3) is 0 Å². The molecule has 6 nitrogen and oxygen atoms in total. The van der Waals surface area contributed by atoms with E-state index in [1.54, 1.807) is 12.4 Å². The molecule has 2 aromatic rings. The van der Waals surface area contributed by atoms with Gasteiger partial charge in [-0.2, -0.15) is 0 Å². The second kappa shape index (κ2) is 4.69. The molecule has 0 unspecified atom stereocenters. The molecule has 0 saturated heterocycles. The van der Waals surface area contributed by atoms with Crippen LogP contribution in [-0.4, -0.2) is 20.2 Å². The first-order valence-electron chi connectivity index (χ1n) is 5.07. The molecule has 0 spiro atoms. The first-order chi connectivity index (χ1) is 7.75. The fourth-order valence-electron chi connectivity index (χ4n) is 1.14. The first-order valence-corrected chi connectivity index (χ1v) is 5.07. The van der Waals surface area contributed by atoms with E-state index in [0.717, 1.165) is 5.56 Å². The van der Waals surface area contributed by atoms with E-state index in [2.05, 4.69) is 25.5 Å². The van der Waals surface area contributed by atoms with Gasteiger partial charge in [0.1, 0.15) is 6.33 Å². The molecule has 1 N–H and O–H groups in total. The third kappa shape index (κ3) is 2.53. The van der Waals surface area contributed by atoms with Crippen molar-refractivity contribution in [3.05, 3.63) is 30.2 Å². The summed E-state index contributed by atoms with van der Waals surface area (Å²) in [6, 6.07) is 0.424. The number of rotatable bonds is 4. The molecule has 2 heterocycles. The zero-order valence-corrected chi connectivity index (χ0v) is 9.21. The third-order valence-corrected chi connectivity index (χ3v) is 1.99. The Morgan fingerprint density at radius 2 is 2.00 bits per heavy atom. The molecule has 0 saturated carbocycles. The Kier molecular flexibility index (Phi) is 3.09. The summed E-state index contributed by atoms with van der Waals surface area (Å²) in [5, 5.41) is 10.8. The van der Waals surface area contributed by atoms with Crippen LogP contribution in [0.15, 0.2) is 23.1 Å². The highest BCUT2D eigenvalue weighted by atomic mass is 16.4. The second-order valence-electron chi connectivity index (χ2n) is 3.70. The van der Waals surface area contributed by atoms with Crippen LogP contribution in [0.4, 0.5) is 6.01 Å². The molecular weight excluding hydrogens is 206 g/mol. The van der Waals surface area contributed by atoms with Gasteiger partial charge in [-0.15, -0.1) is 5.10 Å². The van der Waals surface area contributed by atoms with Crippen LogP contribution >= 0.6 is 0 Å². The predicted molar refractivity (Wildman–Crippen MR) is 57.7 cm³/mol. The number of hydrogen-bond acceptors (Lipinski definition) is 6. The van der Waals surface area contributed by atoms with E-state index in [1.807, 2.05) is 13.8 Å². The highest BCUT2D eigenvalue weighted by Gasteiger charge is 2.08. The van der Waals surface area contributed by atoms with Crippen LogP contribution in [-0.2, 0) is 6.54 Å². The normalized spacial score (nSPS) is 10.7. The molecule has 0 aliphatic rings. The van der Waals surface area contributed by atoms with Gasteiger partial charge >= 0.3 is 6.01 Å². The van der Waals surface area contributed by atoms with E-state index in [4.69, 9.17) is 4.42 Å². The average Bonchev–Trinajstić information content (AvgIpc) is 2.76. The monoisotopic (exact) mass is 219 g/mol. The van der Waals surface area contributed by atoms with Crippen LogP contribution in [0.25, 0.3) is 0 Å². The lowest BCUT2D eigenvalue weighted by molar-refractivity contribution is 0.480. The molecule has 0 fully saturated rings. The van der Waals surface area contributed by atoms with Crippen LogP contribution in [0.3, 0.4) is 0 Å². The predicted octanol–water partition coefficient (Wildman–Crippen LogP) is 1.60. The molecule has 2 rings (SSSR count). The minimum Gasteiger partial charge on any atom is -0.408 e. The Morgan fingerprint density at radius 1 is 1.25 bits per heavy atom. The van der Waals surface area contributed by atoms with Crippen molar-refractivity contribution in [1.29, 1.82) is 0 Å². The maximum atomic E-state index is 5.39. The molecule has 16 heavy (non-hydrogen) atoms. The molecule has 84 valence electrons. The molecule has 0 bridgehead atoms. The summed E-state index contributed by atoms with van der Waals surface area (Å²) in [6.45, 7) is 4.57. The molecule has 0 aliphatic carbocycles. The summed E-state index contributed by atoms with van der Waals surface area (Å²) in [6.07, 6.45) is 4.96. The van der Waals surface area contributed by atoms with Crippen molar-refractivity contribution in [1.82, 2.24) is 20.2 Å². The molecular formula is C10H13N5O. The number of anilines is 1. The Morgan fingerprint density at radius 3 is 2.62 bits per heavy atom. The van der Waals surface area contributed by atoms with Gasteiger partial charge in [-0.3, -0.25) is 0 Å². The van der Waals surface area contributed by atoms with E-state index < -0.39 is 0 Å². The number of hydrogen-bond donors (Lipinski definition) is 1. The Labute approximate surface area is 93.1 Å². The van der Waals surface area contributed by atoms with Crippen LogP contribution in [0.1, 0.15) is 31.2 Å².